The number of hydrogen-bond acceptors (Lipinski definition) is 4. The van der Waals surface area contributed by atoms with Crippen LogP contribution in [0.4, 0.5) is 0 Å². The van der Waals surface area contributed by atoms with Crippen molar-refractivity contribution >= 4 is 11.9 Å². The third-order valence-corrected chi connectivity index (χ3v) is 6.16. The molecule has 1 aromatic carbocycles. The Labute approximate surface area is 169 Å². The van der Waals surface area contributed by atoms with E-state index in [0.29, 0.717) is 11.3 Å². The first-order chi connectivity index (χ1) is 12.8. The largest absolute Gasteiger partial charge is 0.507 e. The van der Waals surface area contributed by atoms with Crippen LogP contribution < -0.4 is 0 Å². The van der Waals surface area contributed by atoms with Gasteiger partial charge in [0, 0.05) is 12.3 Å². The first-order valence-corrected chi connectivity index (χ1v) is 9.84. The second kappa shape index (κ2) is 9.44. The monoisotopic (exact) mass is 391 g/mol. The number of carbonyl (C=O) groups excluding carboxylic acids is 1. The predicted octanol–water partition coefficient (Wildman–Crippen LogP) is 5.33. The average molecular weight is 392 g/mol. The fourth-order valence-corrected chi connectivity index (χ4v) is 4.16. The summed E-state index contributed by atoms with van der Waals surface area (Å²) in [5.41, 5.74) is 0.485. The molecule has 0 aliphatic heterocycles. The van der Waals surface area contributed by atoms with Crippen molar-refractivity contribution in [2.75, 3.05) is 0 Å². The van der Waals surface area contributed by atoms with Crippen molar-refractivity contribution in [1.29, 1.82) is 0 Å². The van der Waals surface area contributed by atoms with Crippen molar-refractivity contribution in [2.24, 2.45) is 22.7 Å². The van der Waals surface area contributed by atoms with E-state index in [0.717, 1.165) is 12.3 Å². The number of para-hydroxylation sites is 1. The Kier molecular flexibility index (Phi) is 8.09. The molecule has 2 N–H and O–H groups in total. The van der Waals surface area contributed by atoms with Gasteiger partial charge in [0.1, 0.15) is 17.4 Å². The molecule has 1 radical (unpaired) electrons. The van der Waals surface area contributed by atoms with E-state index in [-0.39, 0.29) is 28.8 Å². The maximum Gasteiger partial charge on any atom is 0.339 e. The molecule has 1 unspecified atom stereocenters. The summed E-state index contributed by atoms with van der Waals surface area (Å²) in [6, 6.07) is 5.81. The van der Waals surface area contributed by atoms with Crippen molar-refractivity contribution in [3.8, 4) is 5.75 Å². The smallest absolute Gasteiger partial charge is 0.339 e. The molecule has 0 saturated heterocycles. The maximum absolute atomic E-state index is 11.0. The van der Waals surface area contributed by atoms with E-state index >= 15 is 0 Å². The number of carbonyl (C=O) groups is 2. The standard InChI is InChI=1S/C12H20O2.C7H6O3.C4H9/c1-8(13)14-10-7-9-5-6-12(10,4)11(9,2)3;8-6-4-2-1-3-5(6)7(9)10;1-4(2)3/h9-10H,5-7H2,1-4H3;1-4,8H,(H,9,10);4H,1H2,2-3H3/t9-,10?,12-;;/m1../s1. The van der Waals surface area contributed by atoms with Crippen LogP contribution in [0.2, 0.25) is 0 Å². The predicted molar refractivity (Wildman–Crippen MR) is 110 cm³/mol. The van der Waals surface area contributed by atoms with Crippen LogP contribution in [0.3, 0.4) is 0 Å². The zero-order valence-corrected chi connectivity index (χ0v) is 18.0. The van der Waals surface area contributed by atoms with Crippen LogP contribution in [0.5, 0.6) is 5.75 Å². The molecule has 1 aromatic rings. The summed E-state index contributed by atoms with van der Waals surface area (Å²) in [6.45, 7) is 16.2. The fraction of sp³-hybridized carbons (Fsp3) is 0.609. The van der Waals surface area contributed by atoms with Gasteiger partial charge in [-0.3, -0.25) is 4.79 Å². The Morgan fingerprint density at radius 2 is 1.75 bits per heavy atom. The summed E-state index contributed by atoms with van der Waals surface area (Å²) in [5.74, 6) is -0.107. The minimum atomic E-state index is -1.11. The van der Waals surface area contributed by atoms with Crippen molar-refractivity contribution in [1.82, 2.24) is 0 Å². The molecule has 3 atom stereocenters. The Bertz CT molecular complexity index is 677. The number of hydrogen-bond donors (Lipinski definition) is 2. The molecule has 0 amide bonds. The molecule has 2 saturated carbocycles. The van der Waals surface area contributed by atoms with E-state index in [4.69, 9.17) is 14.9 Å². The van der Waals surface area contributed by atoms with Gasteiger partial charge in [-0.15, -0.1) is 0 Å². The first-order valence-electron chi connectivity index (χ1n) is 9.84. The number of carboxylic acid groups (broad SMARTS) is 1. The molecule has 2 fully saturated rings. The van der Waals surface area contributed by atoms with Gasteiger partial charge in [0.25, 0.3) is 0 Å². The van der Waals surface area contributed by atoms with Gasteiger partial charge in [-0.2, -0.15) is 0 Å². The minimum Gasteiger partial charge on any atom is -0.507 e. The Balaban J connectivity index is 0.000000245. The summed E-state index contributed by atoms with van der Waals surface area (Å²) < 4.78 is 5.44. The van der Waals surface area contributed by atoms with Crippen LogP contribution in [0.15, 0.2) is 24.3 Å². The van der Waals surface area contributed by atoms with E-state index in [9.17, 15) is 9.59 Å². The lowest BCUT2D eigenvalue weighted by molar-refractivity contribution is -0.154. The van der Waals surface area contributed by atoms with Crippen LogP contribution in [-0.4, -0.2) is 28.3 Å². The zero-order chi connectivity index (χ0) is 21.7. The molecule has 0 heterocycles. The molecule has 2 bridgehead atoms. The van der Waals surface area contributed by atoms with E-state index in [1.807, 2.05) is 0 Å². The van der Waals surface area contributed by atoms with Crippen molar-refractivity contribution < 1.29 is 24.5 Å². The van der Waals surface area contributed by atoms with E-state index in [1.165, 1.54) is 31.9 Å². The van der Waals surface area contributed by atoms with Gasteiger partial charge in [0.15, 0.2) is 0 Å². The highest BCUT2D eigenvalue weighted by Gasteiger charge is 2.62. The lowest BCUT2D eigenvalue weighted by atomic mass is 9.70. The van der Waals surface area contributed by atoms with Crippen LogP contribution in [0.25, 0.3) is 0 Å². The molecule has 2 aliphatic carbocycles. The third kappa shape index (κ3) is 5.49. The lowest BCUT2D eigenvalue weighted by Crippen LogP contribution is -2.37. The van der Waals surface area contributed by atoms with Gasteiger partial charge in [0.05, 0.1) is 0 Å². The van der Waals surface area contributed by atoms with Crippen molar-refractivity contribution in [2.45, 2.75) is 66.9 Å². The number of carboxylic acids is 1. The quantitative estimate of drug-likeness (QED) is 0.666. The molecule has 5 heteroatoms. The number of fused-ring (bicyclic) bond motifs is 2. The number of benzene rings is 1. The van der Waals surface area contributed by atoms with Gasteiger partial charge in [-0.1, -0.05) is 53.7 Å². The maximum atomic E-state index is 11.0. The first kappa shape index (κ1) is 24.0. The van der Waals surface area contributed by atoms with Gasteiger partial charge >= 0.3 is 11.9 Å². The molecule has 2 aliphatic rings. The number of ether oxygens (including phenoxy) is 1. The number of phenols is 1. The number of rotatable bonds is 2. The third-order valence-electron chi connectivity index (χ3n) is 6.16. The number of aromatic carboxylic acids is 1. The number of esters is 1. The highest BCUT2D eigenvalue weighted by molar-refractivity contribution is 5.90. The van der Waals surface area contributed by atoms with Crippen LogP contribution >= 0.6 is 0 Å². The van der Waals surface area contributed by atoms with Crippen LogP contribution in [-0.2, 0) is 9.53 Å². The van der Waals surface area contributed by atoms with Gasteiger partial charge in [-0.05, 0) is 48.6 Å². The highest BCUT2D eigenvalue weighted by Crippen LogP contribution is 2.66. The van der Waals surface area contributed by atoms with Crippen molar-refractivity contribution in [3.63, 3.8) is 0 Å². The van der Waals surface area contributed by atoms with Gasteiger partial charge in [0.2, 0.25) is 0 Å². The molecule has 157 valence electrons. The van der Waals surface area contributed by atoms with Gasteiger partial charge < -0.3 is 14.9 Å². The molecular formula is C23H35O5. The Morgan fingerprint density at radius 3 is 2.07 bits per heavy atom. The van der Waals surface area contributed by atoms with E-state index in [2.05, 4.69) is 41.5 Å². The topological polar surface area (TPSA) is 83.8 Å². The van der Waals surface area contributed by atoms with E-state index < -0.39 is 5.97 Å². The zero-order valence-electron chi connectivity index (χ0n) is 18.0. The minimum absolute atomic E-state index is 0.0671. The Hall–Kier alpha value is -2.04. The highest BCUT2D eigenvalue weighted by atomic mass is 16.5. The summed E-state index contributed by atoms with van der Waals surface area (Å²) in [7, 11) is 0. The lowest BCUT2D eigenvalue weighted by Gasteiger charge is -2.38. The normalized spacial score (nSPS) is 26.6. The molecule has 5 nitrogen and oxygen atoms in total. The second-order valence-electron chi connectivity index (χ2n) is 8.92. The molecule has 0 spiro atoms. The molecular weight excluding hydrogens is 356 g/mol. The Morgan fingerprint density at radius 1 is 1.21 bits per heavy atom. The molecule has 3 rings (SSSR count). The van der Waals surface area contributed by atoms with E-state index in [1.54, 1.807) is 12.1 Å². The van der Waals surface area contributed by atoms with Crippen LogP contribution in [0, 0.1) is 29.6 Å². The summed E-state index contributed by atoms with van der Waals surface area (Å²) in [5, 5.41) is 17.3. The summed E-state index contributed by atoms with van der Waals surface area (Å²) in [6.07, 6.45) is 3.75. The molecule has 0 aromatic heterocycles. The number of aromatic hydroxyl groups is 1. The second-order valence-corrected chi connectivity index (χ2v) is 8.92. The summed E-state index contributed by atoms with van der Waals surface area (Å²) >= 11 is 0. The van der Waals surface area contributed by atoms with Crippen molar-refractivity contribution in [3.05, 3.63) is 36.8 Å². The summed E-state index contributed by atoms with van der Waals surface area (Å²) in [4.78, 5) is 21.3. The van der Waals surface area contributed by atoms with Crippen LogP contribution in [0.1, 0.15) is 71.2 Å². The fourth-order valence-electron chi connectivity index (χ4n) is 4.16. The molecule has 28 heavy (non-hydrogen) atoms. The average Bonchev–Trinajstić information content (AvgIpc) is 2.88. The van der Waals surface area contributed by atoms with Gasteiger partial charge in [-0.25, -0.2) is 4.79 Å². The SMILES string of the molecule is CC(=O)OC1C[C@H]2CC[C@@]1(C)C2(C)C.O=C(O)c1ccccc1O.[CH2]C(C)C.